The fourth-order valence-corrected chi connectivity index (χ4v) is 1.89. The summed E-state index contributed by atoms with van der Waals surface area (Å²) in [6, 6.07) is 0. The zero-order valence-corrected chi connectivity index (χ0v) is 12.0. The van der Waals surface area contributed by atoms with Crippen LogP contribution in [0.15, 0.2) is 40.4 Å². The molecule has 1 heterocycles. The van der Waals surface area contributed by atoms with Crippen LogP contribution in [0.5, 0.6) is 0 Å². The van der Waals surface area contributed by atoms with E-state index in [1.807, 2.05) is 12.3 Å². The number of hydrogen-bond acceptors (Lipinski definition) is 5. The van der Waals surface area contributed by atoms with Crippen LogP contribution >= 0.6 is 12.2 Å². The van der Waals surface area contributed by atoms with E-state index < -0.39 is 0 Å². The molecule has 0 saturated heterocycles. The molecule has 0 spiro atoms. The molecule has 5 heteroatoms. The molecule has 0 atom stereocenters. The lowest BCUT2D eigenvalue weighted by molar-refractivity contribution is 0.254. The monoisotopic (exact) mass is 280 g/mol. The van der Waals surface area contributed by atoms with Crippen molar-refractivity contribution in [1.82, 2.24) is 5.32 Å². The highest BCUT2D eigenvalue weighted by Crippen LogP contribution is 2.17. The number of methoxy groups -OCH3 is 1. The van der Waals surface area contributed by atoms with Crippen molar-refractivity contribution in [2.75, 3.05) is 20.2 Å². The van der Waals surface area contributed by atoms with Gasteiger partial charge in [0.15, 0.2) is 11.5 Å². The first-order valence-corrected chi connectivity index (χ1v) is 6.77. The van der Waals surface area contributed by atoms with Gasteiger partial charge in [0.2, 0.25) is 0 Å². The summed E-state index contributed by atoms with van der Waals surface area (Å²) in [5, 5.41) is 15.3. The number of unbranched alkanes of at least 4 members (excludes halogenated alkanes) is 1. The van der Waals surface area contributed by atoms with Gasteiger partial charge in [-0.1, -0.05) is 5.57 Å². The van der Waals surface area contributed by atoms with Gasteiger partial charge >= 0.3 is 0 Å². The lowest BCUT2D eigenvalue weighted by Crippen LogP contribution is -2.06. The highest BCUT2D eigenvalue weighted by atomic mass is 32.1. The molecule has 0 aromatic rings. The molecule has 0 unspecified atom stereocenters. The minimum Gasteiger partial charge on any atom is -0.504 e. The second kappa shape index (κ2) is 9.36. The Hall–Kier alpha value is -1.58. The Morgan fingerprint density at radius 1 is 1.47 bits per heavy atom. The van der Waals surface area contributed by atoms with E-state index in [2.05, 4.69) is 27.7 Å². The molecular formula is C14H20N2O2S. The number of isothiocyanates is 1. The average molecular weight is 280 g/mol. The molecule has 2 N–H and O–H groups in total. The number of thiocarbonyl (C=S) groups is 1. The van der Waals surface area contributed by atoms with Gasteiger partial charge in [-0.15, -0.1) is 0 Å². The minimum absolute atomic E-state index is 0.181. The molecule has 0 amide bonds. The molecule has 0 fully saturated rings. The van der Waals surface area contributed by atoms with Crippen LogP contribution in [0, 0.1) is 0 Å². The van der Waals surface area contributed by atoms with Gasteiger partial charge in [0.1, 0.15) is 0 Å². The highest BCUT2D eigenvalue weighted by molar-refractivity contribution is 7.78. The fraction of sp³-hybridized carbons (Fsp3) is 0.500. The largest absolute Gasteiger partial charge is 0.504 e. The summed E-state index contributed by atoms with van der Waals surface area (Å²) in [6.45, 7) is 1.33. The number of nitrogens with one attached hydrogen (secondary N) is 1. The summed E-state index contributed by atoms with van der Waals surface area (Å²) >= 11 is 4.52. The van der Waals surface area contributed by atoms with Gasteiger partial charge < -0.3 is 15.2 Å². The molecule has 104 valence electrons. The van der Waals surface area contributed by atoms with Crippen molar-refractivity contribution in [3.05, 3.63) is 35.4 Å². The summed E-state index contributed by atoms with van der Waals surface area (Å²) in [5.74, 6) is 0.708. The van der Waals surface area contributed by atoms with E-state index in [-0.39, 0.29) is 5.76 Å². The third-order valence-corrected chi connectivity index (χ3v) is 2.95. The van der Waals surface area contributed by atoms with E-state index in [9.17, 15) is 5.11 Å². The standard InChI is InChI=1S/C14H20N2O2S/c1-18-14-6-5-12(4-2-3-8-16-11-19)10-15-9-7-13(14)17/h6-7,10,15,17H,2-5,8-9H2,1H3/b12-10-,13-7?,14-6?. The maximum atomic E-state index is 9.73. The Morgan fingerprint density at radius 3 is 3.05 bits per heavy atom. The van der Waals surface area contributed by atoms with Crippen LogP contribution < -0.4 is 5.32 Å². The van der Waals surface area contributed by atoms with E-state index in [0.717, 1.165) is 32.2 Å². The van der Waals surface area contributed by atoms with Crippen molar-refractivity contribution in [3.8, 4) is 0 Å². The fourth-order valence-electron chi connectivity index (χ4n) is 1.80. The quantitative estimate of drug-likeness (QED) is 0.446. The molecule has 0 aromatic carbocycles. The van der Waals surface area contributed by atoms with Gasteiger partial charge in [-0.05, 0) is 56.3 Å². The molecule has 1 aliphatic heterocycles. The Bertz CT molecular complexity index is 421. The Morgan fingerprint density at radius 2 is 2.32 bits per heavy atom. The first kappa shape index (κ1) is 15.5. The molecule has 4 nitrogen and oxygen atoms in total. The van der Waals surface area contributed by atoms with Crippen LogP contribution in [-0.4, -0.2) is 30.5 Å². The molecule has 0 aromatic heterocycles. The predicted molar refractivity (Wildman–Crippen MR) is 80.3 cm³/mol. The van der Waals surface area contributed by atoms with Crippen LogP contribution in [-0.2, 0) is 4.74 Å². The number of aliphatic imine (C=N–C) groups is 1. The van der Waals surface area contributed by atoms with Gasteiger partial charge in [-0.2, -0.15) is 0 Å². The molecule has 0 radical (unpaired) electrons. The minimum atomic E-state index is 0.181. The van der Waals surface area contributed by atoms with Gasteiger partial charge in [0.05, 0.1) is 12.3 Å². The summed E-state index contributed by atoms with van der Waals surface area (Å²) in [7, 11) is 1.56. The van der Waals surface area contributed by atoms with Crippen molar-refractivity contribution in [2.45, 2.75) is 25.7 Å². The number of aliphatic hydroxyl groups excluding tert-OH is 1. The summed E-state index contributed by atoms with van der Waals surface area (Å²) in [4.78, 5) is 3.89. The number of rotatable bonds is 6. The van der Waals surface area contributed by atoms with E-state index >= 15 is 0 Å². The lowest BCUT2D eigenvalue weighted by atomic mass is 10.1. The summed E-state index contributed by atoms with van der Waals surface area (Å²) in [5.41, 5.74) is 1.28. The van der Waals surface area contributed by atoms with Crippen molar-refractivity contribution in [2.24, 2.45) is 4.99 Å². The van der Waals surface area contributed by atoms with Crippen LogP contribution in [0.1, 0.15) is 25.7 Å². The van der Waals surface area contributed by atoms with Crippen LogP contribution in [0.2, 0.25) is 0 Å². The van der Waals surface area contributed by atoms with E-state index in [0.29, 0.717) is 12.3 Å². The first-order chi connectivity index (χ1) is 9.27. The Kier molecular flexibility index (Phi) is 7.63. The number of allylic oxidation sites excluding steroid dienone is 2. The van der Waals surface area contributed by atoms with E-state index in [1.54, 1.807) is 13.2 Å². The van der Waals surface area contributed by atoms with Gasteiger partial charge in [0.25, 0.3) is 0 Å². The third-order valence-electron chi connectivity index (χ3n) is 2.82. The number of aliphatic hydroxyl groups is 1. The molecule has 0 saturated carbocycles. The molecule has 0 aliphatic carbocycles. The first-order valence-electron chi connectivity index (χ1n) is 6.36. The smallest absolute Gasteiger partial charge is 0.156 e. The number of hydrogen-bond donors (Lipinski definition) is 2. The maximum Gasteiger partial charge on any atom is 0.156 e. The molecule has 1 aliphatic rings. The SMILES string of the molecule is COC1=CC/C(CCCCN=C=S)=C\NCC=C1O. The zero-order valence-electron chi connectivity index (χ0n) is 11.2. The Labute approximate surface area is 119 Å². The van der Waals surface area contributed by atoms with Crippen molar-refractivity contribution in [1.29, 1.82) is 0 Å². The number of nitrogens with zero attached hydrogens (tertiary/aromatic N) is 1. The number of ether oxygens (including phenoxy) is 1. The Balaban J connectivity index is 2.50. The highest BCUT2D eigenvalue weighted by Gasteiger charge is 2.05. The summed E-state index contributed by atoms with van der Waals surface area (Å²) in [6.07, 6.45) is 9.44. The zero-order chi connectivity index (χ0) is 13.9. The maximum absolute atomic E-state index is 9.73. The average Bonchev–Trinajstić information content (AvgIpc) is 2.50. The predicted octanol–water partition coefficient (Wildman–Crippen LogP) is 3.11. The van der Waals surface area contributed by atoms with Gasteiger partial charge in [-0.25, -0.2) is 4.99 Å². The van der Waals surface area contributed by atoms with Crippen molar-refractivity contribution in [3.63, 3.8) is 0 Å². The summed E-state index contributed by atoms with van der Waals surface area (Å²) < 4.78 is 5.15. The van der Waals surface area contributed by atoms with Crippen molar-refractivity contribution < 1.29 is 9.84 Å². The second-order valence-electron chi connectivity index (χ2n) is 4.21. The molecule has 1 rings (SSSR count). The molecular weight excluding hydrogens is 260 g/mol. The van der Waals surface area contributed by atoms with E-state index in [1.165, 1.54) is 5.57 Å². The van der Waals surface area contributed by atoms with Gasteiger partial charge in [0, 0.05) is 13.1 Å². The second-order valence-corrected chi connectivity index (χ2v) is 4.39. The van der Waals surface area contributed by atoms with Crippen LogP contribution in [0.4, 0.5) is 0 Å². The molecule has 0 bridgehead atoms. The van der Waals surface area contributed by atoms with Crippen LogP contribution in [0.25, 0.3) is 0 Å². The van der Waals surface area contributed by atoms with Gasteiger partial charge in [-0.3, -0.25) is 0 Å². The normalized spacial score (nSPS) is 18.3. The van der Waals surface area contributed by atoms with Crippen molar-refractivity contribution >= 4 is 17.4 Å². The van der Waals surface area contributed by atoms with Crippen LogP contribution in [0.3, 0.4) is 0 Å². The third kappa shape index (κ3) is 6.22. The van der Waals surface area contributed by atoms with E-state index in [4.69, 9.17) is 4.74 Å². The molecule has 19 heavy (non-hydrogen) atoms. The lowest BCUT2D eigenvalue weighted by Gasteiger charge is -2.06. The topological polar surface area (TPSA) is 53.8 Å².